The van der Waals surface area contributed by atoms with Crippen LogP contribution in [0.5, 0.6) is 5.75 Å². The molecule has 0 spiro atoms. The summed E-state index contributed by atoms with van der Waals surface area (Å²) in [7, 11) is 0. The van der Waals surface area contributed by atoms with E-state index >= 15 is 0 Å². The van der Waals surface area contributed by atoms with Gasteiger partial charge in [0.1, 0.15) is 5.75 Å². The van der Waals surface area contributed by atoms with Crippen LogP contribution >= 0.6 is 0 Å². The molecule has 0 aliphatic heterocycles. The Bertz CT molecular complexity index is 726. The molecule has 0 heterocycles. The molecule has 0 radical (unpaired) electrons. The molecule has 0 unspecified atom stereocenters. The number of anilines is 1. The molecule has 126 valence electrons. The van der Waals surface area contributed by atoms with Crippen molar-refractivity contribution in [2.75, 3.05) is 11.9 Å². The molecule has 0 aliphatic rings. The van der Waals surface area contributed by atoms with Gasteiger partial charge in [0, 0.05) is 11.3 Å². The van der Waals surface area contributed by atoms with E-state index in [0.29, 0.717) is 11.3 Å². The van der Waals surface area contributed by atoms with Crippen molar-refractivity contribution in [3.05, 3.63) is 59.7 Å². The van der Waals surface area contributed by atoms with Gasteiger partial charge in [-0.1, -0.05) is 0 Å². The molecule has 2 rings (SSSR count). The molecule has 0 bridgehead atoms. The van der Waals surface area contributed by atoms with Gasteiger partial charge in [-0.3, -0.25) is 9.59 Å². The molecule has 8 heteroatoms. The van der Waals surface area contributed by atoms with Gasteiger partial charge in [-0.2, -0.15) is 13.2 Å². The predicted octanol–water partition coefficient (Wildman–Crippen LogP) is 2.82. The zero-order valence-corrected chi connectivity index (χ0v) is 12.3. The standard InChI is InChI=1S/C16H13F3N2O3/c17-16(18,19)11-3-5-12(6-4-11)21-14(22)9-24-13-7-1-10(2-8-13)15(20)23/h1-8H,9H2,(H2,20,23)(H,21,22). The number of halogens is 3. The first-order valence-electron chi connectivity index (χ1n) is 6.75. The van der Waals surface area contributed by atoms with Crippen LogP contribution < -0.4 is 15.8 Å². The Kier molecular flexibility index (Phi) is 5.08. The van der Waals surface area contributed by atoms with Crippen molar-refractivity contribution >= 4 is 17.5 Å². The highest BCUT2D eigenvalue weighted by Gasteiger charge is 2.29. The van der Waals surface area contributed by atoms with Gasteiger partial charge in [-0.15, -0.1) is 0 Å². The number of hydrogen-bond acceptors (Lipinski definition) is 3. The number of amides is 2. The lowest BCUT2D eigenvalue weighted by Crippen LogP contribution is -2.20. The number of ether oxygens (including phenoxy) is 1. The van der Waals surface area contributed by atoms with Gasteiger partial charge in [-0.05, 0) is 48.5 Å². The molecule has 24 heavy (non-hydrogen) atoms. The van der Waals surface area contributed by atoms with Crippen LogP contribution in [0.1, 0.15) is 15.9 Å². The molecule has 2 aromatic rings. The van der Waals surface area contributed by atoms with Crippen LogP contribution in [0, 0.1) is 0 Å². The zero-order valence-electron chi connectivity index (χ0n) is 12.3. The monoisotopic (exact) mass is 338 g/mol. The molecule has 2 aromatic carbocycles. The van der Waals surface area contributed by atoms with E-state index in [-0.39, 0.29) is 12.3 Å². The SMILES string of the molecule is NC(=O)c1ccc(OCC(=O)Nc2ccc(C(F)(F)F)cc2)cc1. The third-order valence-electron chi connectivity index (χ3n) is 3.00. The first-order valence-corrected chi connectivity index (χ1v) is 6.75. The van der Waals surface area contributed by atoms with Crippen molar-refractivity contribution in [3.8, 4) is 5.75 Å². The lowest BCUT2D eigenvalue weighted by atomic mass is 10.2. The first-order chi connectivity index (χ1) is 11.3. The fourth-order valence-corrected chi connectivity index (χ4v) is 1.80. The fraction of sp³-hybridized carbons (Fsp3) is 0.125. The molecular weight excluding hydrogens is 325 g/mol. The Labute approximate surface area is 135 Å². The normalized spacial score (nSPS) is 11.0. The third kappa shape index (κ3) is 4.73. The van der Waals surface area contributed by atoms with Gasteiger partial charge in [0.2, 0.25) is 5.91 Å². The van der Waals surface area contributed by atoms with Crippen molar-refractivity contribution in [1.29, 1.82) is 0 Å². The summed E-state index contributed by atoms with van der Waals surface area (Å²) in [6.07, 6.45) is -4.43. The van der Waals surface area contributed by atoms with Crippen LogP contribution in [0.15, 0.2) is 48.5 Å². The Morgan fingerprint density at radius 2 is 1.58 bits per heavy atom. The summed E-state index contributed by atoms with van der Waals surface area (Å²) in [5.41, 5.74) is 4.82. The molecule has 3 N–H and O–H groups in total. The third-order valence-corrected chi connectivity index (χ3v) is 3.00. The van der Waals surface area contributed by atoms with Gasteiger partial charge < -0.3 is 15.8 Å². The van der Waals surface area contributed by atoms with Crippen molar-refractivity contribution in [2.24, 2.45) is 5.73 Å². The van der Waals surface area contributed by atoms with E-state index in [1.807, 2.05) is 0 Å². The average Bonchev–Trinajstić information content (AvgIpc) is 2.53. The van der Waals surface area contributed by atoms with Crippen LogP contribution in [0.4, 0.5) is 18.9 Å². The Morgan fingerprint density at radius 1 is 1.00 bits per heavy atom. The molecule has 0 fully saturated rings. The zero-order chi connectivity index (χ0) is 17.7. The molecule has 0 aromatic heterocycles. The van der Waals surface area contributed by atoms with Crippen molar-refractivity contribution in [1.82, 2.24) is 0 Å². The number of nitrogens with one attached hydrogen (secondary N) is 1. The van der Waals surface area contributed by atoms with E-state index in [1.165, 1.54) is 24.3 Å². The van der Waals surface area contributed by atoms with Crippen molar-refractivity contribution in [2.45, 2.75) is 6.18 Å². The molecule has 0 saturated carbocycles. The summed E-state index contributed by atoms with van der Waals surface area (Å²) in [4.78, 5) is 22.6. The average molecular weight is 338 g/mol. The first kappa shape index (κ1) is 17.3. The quantitative estimate of drug-likeness (QED) is 0.879. The molecule has 2 amide bonds. The summed E-state index contributed by atoms with van der Waals surface area (Å²) >= 11 is 0. The van der Waals surface area contributed by atoms with Crippen molar-refractivity contribution < 1.29 is 27.5 Å². The Hall–Kier alpha value is -3.03. The number of nitrogens with two attached hydrogens (primary N) is 1. The molecular formula is C16H13F3N2O3. The number of primary amides is 1. The van der Waals surface area contributed by atoms with E-state index in [9.17, 15) is 22.8 Å². The van der Waals surface area contributed by atoms with E-state index < -0.39 is 23.6 Å². The smallest absolute Gasteiger partial charge is 0.416 e. The summed E-state index contributed by atoms with van der Waals surface area (Å²) in [6, 6.07) is 9.91. The van der Waals surface area contributed by atoms with Crippen LogP contribution in [0.25, 0.3) is 0 Å². The van der Waals surface area contributed by atoms with E-state index in [0.717, 1.165) is 24.3 Å². The molecule has 0 atom stereocenters. The fourth-order valence-electron chi connectivity index (χ4n) is 1.80. The van der Waals surface area contributed by atoms with Crippen LogP contribution in [-0.2, 0) is 11.0 Å². The van der Waals surface area contributed by atoms with E-state index in [2.05, 4.69) is 5.32 Å². The van der Waals surface area contributed by atoms with Crippen LogP contribution in [0.2, 0.25) is 0 Å². The molecule has 0 aliphatic carbocycles. The molecule has 0 saturated heterocycles. The van der Waals surface area contributed by atoms with Crippen molar-refractivity contribution in [3.63, 3.8) is 0 Å². The Balaban J connectivity index is 1.88. The largest absolute Gasteiger partial charge is 0.484 e. The maximum Gasteiger partial charge on any atom is 0.416 e. The summed E-state index contributed by atoms with van der Waals surface area (Å²) < 4.78 is 42.5. The highest BCUT2D eigenvalue weighted by Crippen LogP contribution is 2.29. The van der Waals surface area contributed by atoms with Gasteiger partial charge in [0.05, 0.1) is 5.56 Å². The molecule has 5 nitrogen and oxygen atoms in total. The second-order valence-corrected chi connectivity index (χ2v) is 4.80. The second-order valence-electron chi connectivity index (χ2n) is 4.80. The second kappa shape index (κ2) is 7.03. The van der Waals surface area contributed by atoms with Gasteiger partial charge in [-0.25, -0.2) is 0 Å². The van der Waals surface area contributed by atoms with Gasteiger partial charge in [0.25, 0.3) is 5.91 Å². The minimum Gasteiger partial charge on any atom is -0.484 e. The topological polar surface area (TPSA) is 81.4 Å². The number of carbonyl (C=O) groups is 2. The maximum absolute atomic E-state index is 12.4. The minimum absolute atomic E-state index is 0.223. The van der Waals surface area contributed by atoms with Gasteiger partial charge >= 0.3 is 6.18 Å². The number of rotatable bonds is 5. The van der Waals surface area contributed by atoms with Gasteiger partial charge in [0.15, 0.2) is 6.61 Å². The number of hydrogen-bond donors (Lipinski definition) is 2. The maximum atomic E-state index is 12.4. The van der Waals surface area contributed by atoms with E-state index in [1.54, 1.807) is 0 Å². The summed E-state index contributed by atoms with van der Waals surface area (Å²) in [6.45, 7) is -0.336. The van der Waals surface area contributed by atoms with E-state index in [4.69, 9.17) is 10.5 Å². The number of alkyl halides is 3. The highest BCUT2D eigenvalue weighted by atomic mass is 19.4. The lowest BCUT2D eigenvalue weighted by molar-refractivity contribution is -0.137. The Morgan fingerprint density at radius 3 is 2.08 bits per heavy atom. The van der Waals surface area contributed by atoms with Crippen LogP contribution in [0.3, 0.4) is 0 Å². The minimum atomic E-state index is -4.43. The predicted molar refractivity (Wildman–Crippen MR) is 80.5 cm³/mol. The lowest BCUT2D eigenvalue weighted by Gasteiger charge is -2.10. The summed E-state index contributed by atoms with van der Waals surface area (Å²) in [5.74, 6) is -0.766. The van der Waals surface area contributed by atoms with Crippen LogP contribution in [-0.4, -0.2) is 18.4 Å². The number of carbonyl (C=O) groups excluding carboxylic acids is 2. The highest BCUT2D eigenvalue weighted by molar-refractivity contribution is 5.93. The number of benzene rings is 2. The summed E-state index contributed by atoms with van der Waals surface area (Å²) in [5, 5.41) is 2.42.